The van der Waals surface area contributed by atoms with Gasteiger partial charge in [-0.1, -0.05) is 6.92 Å². The smallest absolute Gasteiger partial charge is 0.0727 e. The average Bonchev–Trinajstić information content (AvgIpc) is 2.47. The number of pyridine rings is 1. The van der Waals surface area contributed by atoms with Crippen molar-refractivity contribution in [2.24, 2.45) is 0 Å². The maximum atomic E-state index is 5.97. The van der Waals surface area contributed by atoms with Crippen molar-refractivity contribution in [3.8, 4) is 0 Å². The van der Waals surface area contributed by atoms with E-state index < -0.39 is 0 Å². The Balaban J connectivity index is 2.56. The number of methoxy groups -OCH3 is 1. The summed E-state index contributed by atoms with van der Waals surface area (Å²) in [5.74, 6) is 0. The summed E-state index contributed by atoms with van der Waals surface area (Å²) in [4.78, 5) is 7.00. The Hall–Kier alpha value is -1.81. The number of hydrogen-bond donors (Lipinski definition) is 1. The highest BCUT2D eigenvalue weighted by Crippen LogP contribution is 2.30. The second kappa shape index (κ2) is 6.76. The minimum absolute atomic E-state index is 0.437. The number of rotatable bonds is 6. The monoisotopic (exact) mass is 287 g/mol. The third-order valence-electron chi connectivity index (χ3n) is 3.91. The molecule has 0 amide bonds. The van der Waals surface area contributed by atoms with Crippen LogP contribution in [0.4, 0.5) is 11.4 Å². The zero-order valence-electron chi connectivity index (χ0n) is 13.4. The molecule has 4 heteroatoms. The molecule has 0 aliphatic rings. The molecule has 21 heavy (non-hydrogen) atoms. The molecule has 0 saturated carbocycles. The fraction of sp³-hybridized carbons (Fsp3) is 0.471. The molecule has 1 atom stereocenters. The van der Waals surface area contributed by atoms with Gasteiger partial charge in [0.25, 0.3) is 0 Å². The third-order valence-corrected chi connectivity index (χ3v) is 3.91. The first-order valence-corrected chi connectivity index (χ1v) is 7.49. The van der Waals surface area contributed by atoms with Crippen LogP contribution < -0.4 is 10.6 Å². The van der Waals surface area contributed by atoms with E-state index in [0.717, 1.165) is 35.2 Å². The van der Waals surface area contributed by atoms with E-state index in [-0.39, 0.29) is 0 Å². The van der Waals surface area contributed by atoms with Crippen LogP contribution in [0.15, 0.2) is 24.3 Å². The number of aryl methyl sites for hydroxylation is 1. The number of nitrogens with zero attached hydrogens (tertiary/aromatic N) is 2. The molecule has 4 nitrogen and oxygen atoms in total. The van der Waals surface area contributed by atoms with Gasteiger partial charge in [-0.05, 0) is 44.5 Å². The minimum atomic E-state index is 0.437. The van der Waals surface area contributed by atoms with Crippen LogP contribution in [-0.4, -0.2) is 31.3 Å². The molecule has 0 aliphatic carbocycles. The van der Waals surface area contributed by atoms with Gasteiger partial charge < -0.3 is 15.4 Å². The highest BCUT2D eigenvalue weighted by molar-refractivity contribution is 5.94. The van der Waals surface area contributed by atoms with Gasteiger partial charge in [0.2, 0.25) is 0 Å². The molecular weight excluding hydrogens is 262 g/mol. The van der Waals surface area contributed by atoms with E-state index >= 15 is 0 Å². The van der Waals surface area contributed by atoms with Crippen molar-refractivity contribution in [1.29, 1.82) is 0 Å². The number of aromatic nitrogens is 1. The Bertz CT molecular complexity index is 612. The lowest BCUT2D eigenvalue weighted by molar-refractivity contribution is 0.203. The van der Waals surface area contributed by atoms with Gasteiger partial charge in [-0.15, -0.1) is 0 Å². The van der Waals surface area contributed by atoms with Crippen molar-refractivity contribution < 1.29 is 4.74 Å². The Morgan fingerprint density at radius 3 is 2.76 bits per heavy atom. The summed E-state index contributed by atoms with van der Waals surface area (Å²) in [6.45, 7) is 8.04. The van der Waals surface area contributed by atoms with E-state index in [1.54, 1.807) is 7.11 Å². The molecule has 114 valence electrons. The summed E-state index contributed by atoms with van der Waals surface area (Å²) >= 11 is 0. The maximum Gasteiger partial charge on any atom is 0.0727 e. The molecule has 1 heterocycles. The van der Waals surface area contributed by atoms with Gasteiger partial charge in [0.15, 0.2) is 0 Å². The number of anilines is 2. The van der Waals surface area contributed by atoms with Crippen LogP contribution in [0.25, 0.3) is 10.9 Å². The zero-order valence-corrected chi connectivity index (χ0v) is 13.4. The Morgan fingerprint density at radius 1 is 1.33 bits per heavy atom. The molecule has 0 saturated heterocycles. The van der Waals surface area contributed by atoms with Crippen LogP contribution in [0.5, 0.6) is 0 Å². The Morgan fingerprint density at radius 2 is 2.10 bits per heavy atom. The van der Waals surface area contributed by atoms with Gasteiger partial charge in [-0.25, -0.2) is 0 Å². The van der Waals surface area contributed by atoms with Crippen molar-refractivity contribution in [3.05, 3.63) is 30.0 Å². The lowest BCUT2D eigenvalue weighted by Crippen LogP contribution is -2.35. The Kier molecular flexibility index (Phi) is 5.02. The van der Waals surface area contributed by atoms with Crippen molar-refractivity contribution in [1.82, 2.24) is 4.98 Å². The van der Waals surface area contributed by atoms with Crippen LogP contribution >= 0.6 is 0 Å². The molecule has 0 aliphatic heterocycles. The third kappa shape index (κ3) is 3.45. The van der Waals surface area contributed by atoms with Crippen LogP contribution in [-0.2, 0) is 4.74 Å². The lowest BCUT2D eigenvalue weighted by atomic mass is 10.1. The van der Waals surface area contributed by atoms with Crippen LogP contribution in [0.1, 0.15) is 26.0 Å². The van der Waals surface area contributed by atoms with Gasteiger partial charge >= 0.3 is 0 Å². The van der Waals surface area contributed by atoms with E-state index in [1.165, 1.54) is 5.69 Å². The number of benzene rings is 1. The van der Waals surface area contributed by atoms with Gasteiger partial charge in [-0.3, -0.25) is 4.98 Å². The topological polar surface area (TPSA) is 51.4 Å². The van der Waals surface area contributed by atoms with E-state index in [9.17, 15) is 0 Å². The molecule has 1 aromatic heterocycles. The van der Waals surface area contributed by atoms with Gasteiger partial charge in [0.1, 0.15) is 0 Å². The molecule has 0 fully saturated rings. The van der Waals surface area contributed by atoms with Crippen LogP contribution in [0.2, 0.25) is 0 Å². The second-order valence-corrected chi connectivity index (χ2v) is 5.50. The van der Waals surface area contributed by atoms with E-state index in [4.69, 9.17) is 10.5 Å². The minimum Gasteiger partial charge on any atom is -0.399 e. The molecule has 0 radical (unpaired) electrons. The van der Waals surface area contributed by atoms with Gasteiger partial charge in [-0.2, -0.15) is 0 Å². The fourth-order valence-electron chi connectivity index (χ4n) is 2.58. The van der Waals surface area contributed by atoms with Gasteiger partial charge in [0, 0.05) is 42.2 Å². The largest absolute Gasteiger partial charge is 0.399 e. The predicted molar refractivity (Wildman–Crippen MR) is 89.9 cm³/mol. The standard InChI is InChI=1S/C17H25N3O/c1-5-13(3)20(8-9-21-4)17-10-12(2)19-16-7-6-14(18)11-15(16)17/h6-7,10-11,13H,5,8-9,18H2,1-4H3. The normalized spacial score (nSPS) is 12.6. The first kappa shape index (κ1) is 15.6. The summed E-state index contributed by atoms with van der Waals surface area (Å²) in [5.41, 5.74) is 9.94. The van der Waals surface area contributed by atoms with Crippen molar-refractivity contribution in [2.45, 2.75) is 33.2 Å². The van der Waals surface area contributed by atoms with Crippen molar-refractivity contribution >= 4 is 22.3 Å². The summed E-state index contributed by atoms with van der Waals surface area (Å²) in [6.07, 6.45) is 1.08. The summed E-state index contributed by atoms with van der Waals surface area (Å²) < 4.78 is 5.27. The number of nitrogens with two attached hydrogens (primary N) is 1. The van der Waals surface area contributed by atoms with Crippen LogP contribution in [0.3, 0.4) is 0 Å². The Labute approximate surface area is 126 Å². The fourth-order valence-corrected chi connectivity index (χ4v) is 2.58. The molecule has 2 N–H and O–H groups in total. The van der Waals surface area contributed by atoms with E-state index in [1.807, 2.05) is 25.1 Å². The summed E-state index contributed by atoms with van der Waals surface area (Å²) in [6, 6.07) is 8.49. The van der Waals surface area contributed by atoms with Gasteiger partial charge in [0.05, 0.1) is 12.1 Å². The molecule has 2 aromatic rings. The van der Waals surface area contributed by atoms with E-state index in [2.05, 4.69) is 29.8 Å². The van der Waals surface area contributed by atoms with E-state index in [0.29, 0.717) is 12.6 Å². The molecular formula is C17H25N3O. The summed E-state index contributed by atoms with van der Waals surface area (Å²) in [7, 11) is 1.74. The van der Waals surface area contributed by atoms with Crippen molar-refractivity contribution in [3.63, 3.8) is 0 Å². The quantitative estimate of drug-likeness (QED) is 0.828. The molecule has 0 bridgehead atoms. The molecule has 1 unspecified atom stereocenters. The predicted octanol–water partition coefficient (Wildman–Crippen LogP) is 3.38. The highest BCUT2D eigenvalue weighted by atomic mass is 16.5. The number of ether oxygens (including phenoxy) is 1. The SMILES string of the molecule is CCC(C)N(CCOC)c1cc(C)nc2ccc(N)cc12. The summed E-state index contributed by atoms with van der Waals surface area (Å²) in [5, 5.41) is 1.11. The second-order valence-electron chi connectivity index (χ2n) is 5.50. The average molecular weight is 287 g/mol. The van der Waals surface area contributed by atoms with Crippen LogP contribution in [0, 0.1) is 6.92 Å². The highest BCUT2D eigenvalue weighted by Gasteiger charge is 2.16. The van der Waals surface area contributed by atoms with Crippen molar-refractivity contribution in [2.75, 3.05) is 30.9 Å². The molecule has 2 rings (SSSR count). The molecule has 0 spiro atoms. The zero-order chi connectivity index (χ0) is 15.4. The molecule has 1 aromatic carbocycles. The number of fused-ring (bicyclic) bond motifs is 1. The number of nitrogen functional groups attached to an aromatic ring is 1. The lowest BCUT2D eigenvalue weighted by Gasteiger charge is -2.32. The first-order chi connectivity index (χ1) is 10.1. The maximum absolute atomic E-state index is 5.97. The number of hydrogen-bond acceptors (Lipinski definition) is 4. The first-order valence-electron chi connectivity index (χ1n) is 7.49.